The fraction of sp³-hybridized carbons (Fsp3) is 0.450. The highest BCUT2D eigenvalue weighted by Gasteiger charge is 2.28. The van der Waals surface area contributed by atoms with Crippen LogP contribution in [0.2, 0.25) is 0 Å². The van der Waals surface area contributed by atoms with Crippen LogP contribution in [0.5, 0.6) is 0 Å². The van der Waals surface area contributed by atoms with Crippen molar-refractivity contribution in [2.75, 3.05) is 19.6 Å². The largest absolute Gasteiger partial charge is 0.357 e. The van der Waals surface area contributed by atoms with Gasteiger partial charge in [0, 0.05) is 44.5 Å². The Morgan fingerprint density at radius 2 is 1.93 bits per heavy atom. The van der Waals surface area contributed by atoms with Crippen LogP contribution in [0.1, 0.15) is 31.2 Å². The van der Waals surface area contributed by atoms with Gasteiger partial charge in [0.05, 0.1) is 0 Å². The lowest BCUT2D eigenvalue weighted by Crippen LogP contribution is -2.41. The number of halogens is 1. The molecule has 0 spiro atoms. The second-order valence-corrected chi connectivity index (χ2v) is 6.64. The van der Waals surface area contributed by atoms with Crippen molar-refractivity contribution < 1.29 is 4.79 Å². The molecule has 2 aromatic rings. The van der Waals surface area contributed by atoms with Crippen molar-refractivity contribution in [3.8, 4) is 0 Å². The van der Waals surface area contributed by atoms with Crippen molar-refractivity contribution in [1.82, 2.24) is 25.5 Å². The molecule has 152 valence electrons. The van der Waals surface area contributed by atoms with E-state index in [4.69, 9.17) is 0 Å². The number of amides is 1. The lowest BCUT2D eigenvalue weighted by Gasteiger charge is -2.12. The maximum absolute atomic E-state index is 11.6. The smallest absolute Gasteiger partial charge is 0.223 e. The summed E-state index contributed by atoms with van der Waals surface area (Å²) in [4.78, 5) is 20.7. The third kappa shape index (κ3) is 7.14. The summed E-state index contributed by atoms with van der Waals surface area (Å²) in [5.41, 5.74) is 1.23. The van der Waals surface area contributed by atoms with Gasteiger partial charge in [-0.3, -0.25) is 4.79 Å². The van der Waals surface area contributed by atoms with E-state index in [2.05, 4.69) is 42.6 Å². The molecule has 1 aromatic carbocycles. The Labute approximate surface area is 183 Å². The van der Waals surface area contributed by atoms with E-state index in [-0.39, 0.29) is 35.8 Å². The molecule has 1 heterocycles. The molecule has 3 rings (SSSR count). The number of guanidine groups is 1. The summed E-state index contributed by atoms with van der Waals surface area (Å²) >= 11 is 0. The summed E-state index contributed by atoms with van der Waals surface area (Å²) in [5.74, 6) is 2.06. The third-order valence-electron chi connectivity index (χ3n) is 4.39. The summed E-state index contributed by atoms with van der Waals surface area (Å²) in [5, 5.41) is 9.43. The molecule has 1 aromatic heterocycles. The quantitative estimate of drug-likeness (QED) is 0.215. The van der Waals surface area contributed by atoms with Gasteiger partial charge in [0.25, 0.3) is 0 Å². The van der Waals surface area contributed by atoms with Gasteiger partial charge >= 0.3 is 0 Å². The maximum Gasteiger partial charge on any atom is 0.223 e. The zero-order valence-corrected chi connectivity index (χ0v) is 18.6. The Morgan fingerprint density at radius 3 is 2.64 bits per heavy atom. The van der Waals surface area contributed by atoms with E-state index in [1.807, 2.05) is 37.5 Å². The molecular formula is C20H29IN6O. The first-order chi connectivity index (χ1) is 13.3. The van der Waals surface area contributed by atoms with E-state index in [1.54, 1.807) is 0 Å². The summed E-state index contributed by atoms with van der Waals surface area (Å²) < 4.78 is 2.11. The van der Waals surface area contributed by atoms with E-state index >= 15 is 0 Å². The normalized spacial score (nSPS) is 13.5. The molecule has 7 nitrogen and oxygen atoms in total. The number of nitrogens with zero attached hydrogens (tertiary/aromatic N) is 3. The first kappa shape index (κ1) is 22.2. The molecule has 0 saturated heterocycles. The van der Waals surface area contributed by atoms with Crippen LogP contribution in [-0.4, -0.2) is 41.1 Å². The van der Waals surface area contributed by atoms with Gasteiger partial charge in [-0.05, 0) is 25.3 Å². The monoisotopic (exact) mass is 496 g/mol. The lowest BCUT2D eigenvalue weighted by molar-refractivity contribution is -0.122. The Balaban J connectivity index is 0.00000280. The second-order valence-electron chi connectivity index (χ2n) is 6.64. The molecule has 0 atom stereocenters. The Hall–Kier alpha value is -2.10. The summed E-state index contributed by atoms with van der Waals surface area (Å²) in [7, 11) is 0. The highest BCUT2D eigenvalue weighted by atomic mass is 127. The topological polar surface area (TPSA) is 83.3 Å². The molecule has 1 aliphatic carbocycles. The van der Waals surface area contributed by atoms with Crippen molar-refractivity contribution in [2.45, 2.75) is 32.9 Å². The van der Waals surface area contributed by atoms with Crippen LogP contribution in [0.15, 0.2) is 47.7 Å². The minimum absolute atomic E-state index is 0. The fourth-order valence-corrected chi connectivity index (χ4v) is 2.76. The van der Waals surface area contributed by atoms with Gasteiger partial charge in [0.2, 0.25) is 5.91 Å². The van der Waals surface area contributed by atoms with Gasteiger partial charge in [0.1, 0.15) is 12.4 Å². The van der Waals surface area contributed by atoms with Gasteiger partial charge in [-0.15, -0.1) is 24.0 Å². The molecule has 3 N–H and O–H groups in total. The molecule has 1 saturated carbocycles. The average Bonchev–Trinajstić information content (AvgIpc) is 3.45. The third-order valence-corrected chi connectivity index (χ3v) is 4.39. The van der Waals surface area contributed by atoms with Crippen molar-refractivity contribution in [1.29, 1.82) is 0 Å². The van der Waals surface area contributed by atoms with Gasteiger partial charge < -0.3 is 20.5 Å². The van der Waals surface area contributed by atoms with Gasteiger partial charge in [0.15, 0.2) is 5.96 Å². The minimum Gasteiger partial charge on any atom is -0.357 e. The van der Waals surface area contributed by atoms with Crippen LogP contribution in [0.3, 0.4) is 0 Å². The van der Waals surface area contributed by atoms with Crippen LogP contribution >= 0.6 is 24.0 Å². The standard InChI is InChI=1S/C20H28N6O.HI/c1-2-21-20(24-11-10-23-19(27)17-8-9-17)25-14-18-22-12-13-26(18)15-16-6-4-3-5-7-16;/h3-7,12-13,17H,2,8-11,14-15H2,1H3,(H,23,27)(H2,21,24,25);1H. The highest BCUT2D eigenvalue weighted by molar-refractivity contribution is 14.0. The summed E-state index contributed by atoms with van der Waals surface area (Å²) in [6.45, 7) is 5.32. The van der Waals surface area contributed by atoms with Crippen molar-refractivity contribution in [3.63, 3.8) is 0 Å². The molecule has 1 aliphatic rings. The van der Waals surface area contributed by atoms with Gasteiger partial charge in [-0.2, -0.15) is 0 Å². The lowest BCUT2D eigenvalue weighted by atomic mass is 10.2. The number of aliphatic imine (C=N–C) groups is 1. The van der Waals surface area contributed by atoms with Crippen LogP contribution in [0.25, 0.3) is 0 Å². The first-order valence-corrected chi connectivity index (χ1v) is 9.60. The molecule has 0 aliphatic heterocycles. The molecule has 0 unspecified atom stereocenters. The van der Waals surface area contributed by atoms with Crippen LogP contribution in [0, 0.1) is 5.92 Å². The maximum atomic E-state index is 11.6. The number of hydrogen-bond acceptors (Lipinski definition) is 3. The van der Waals surface area contributed by atoms with Crippen molar-refractivity contribution >= 4 is 35.8 Å². The Morgan fingerprint density at radius 1 is 1.18 bits per heavy atom. The summed E-state index contributed by atoms with van der Waals surface area (Å²) in [6, 6.07) is 10.3. The van der Waals surface area contributed by atoms with Crippen molar-refractivity contribution in [3.05, 3.63) is 54.1 Å². The first-order valence-electron chi connectivity index (χ1n) is 9.60. The SMILES string of the molecule is CCNC(=NCc1nccn1Cc1ccccc1)NCCNC(=O)C1CC1.I. The molecule has 0 radical (unpaired) electrons. The number of carbonyl (C=O) groups excluding carboxylic acids is 1. The molecular weight excluding hydrogens is 467 g/mol. The Bertz CT molecular complexity index is 757. The molecule has 28 heavy (non-hydrogen) atoms. The Kier molecular flexibility index (Phi) is 9.26. The fourth-order valence-electron chi connectivity index (χ4n) is 2.76. The minimum atomic E-state index is 0. The molecule has 0 bridgehead atoms. The van der Waals surface area contributed by atoms with Crippen LogP contribution < -0.4 is 16.0 Å². The predicted molar refractivity (Wildman–Crippen MR) is 122 cm³/mol. The van der Waals surface area contributed by atoms with Crippen molar-refractivity contribution in [2.24, 2.45) is 10.9 Å². The number of nitrogens with one attached hydrogen (secondary N) is 3. The van der Waals surface area contributed by atoms with Gasteiger partial charge in [-0.25, -0.2) is 9.98 Å². The number of rotatable bonds is 9. The van der Waals surface area contributed by atoms with Gasteiger partial charge in [-0.1, -0.05) is 30.3 Å². The molecule has 1 fully saturated rings. The number of carbonyl (C=O) groups is 1. The average molecular weight is 496 g/mol. The molecule has 1 amide bonds. The van der Waals surface area contributed by atoms with Crippen LogP contribution in [-0.2, 0) is 17.9 Å². The van der Waals surface area contributed by atoms with E-state index < -0.39 is 0 Å². The number of benzene rings is 1. The number of aromatic nitrogens is 2. The highest BCUT2D eigenvalue weighted by Crippen LogP contribution is 2.28. The number of hydrogen-bond donors (Lipinski definition) is 3. The summed E-state index contributed by atoms with van der Waals surface area (Å²) in [6.07, 6.45) is 5.84. The van der Waals surface area contributed by atoms with Crippen LogP contribution in [0.4, 0.5) is 0 Å². The molecule has 8 heteroatoms. The zero-order valence-electron chi connectivity index (χ0n) is 16.2. The number of imidazole rings is 1. The van der Waals surface area contributed by atoms with E-state index in [0.29, 0.717) is 19.6 Å². The predicted octanol–water partition coefficient (Wildman–Crippen LogP) is 2.13. The van der Waals surface area contributed by atoms with E-state index in [1.165, 1.54) is 5.56 Å². The second kappa shape index (κ2) is 11.7. The van der Waals surface area contributed by atoms with E-state index in [0.717, 1.165) is 37.7 Å². The zero-order chi connectivity index (χ0) is 18.9. The van der Waals surface area contributed by atoms with E-state index in [9.17, 15) is 4.79 Å².